The molecule has 0 fully saturated rings. The first kappa shape index (κ1) is 25.3. The number of anilines is 1. The number of thiophene rings is 1. The van der Waals surface area contributed by atoms with Crippen LogP contribution in [0.5, 0.6) is 16.6 Å². The number of carbonyl (C=O) groups excluding carboxylic acids is 1. The Kier molecular flexibility index (Phi) is 7.37. The predicted octanol–water partition coefficient (Wildman–Crippen LogP) is 7.52. The van der Waals surface area contributed by atoms with Crippen LogP contribution >= 0.6 is 22.7 Å². The molecule has 0 radical (unpaired) electrons. The zero-order valence-corrected chi connectivity index (χ0v) is 21.9. The first-order valence-corrected chi connectivity index (χ1v) is 12.9. The van der Waals surface area contributed by atoms with Crippen molar-refractivity contribution in [3.8, 4) is 27.8 Å². The molecular formula is C26H25N3O5S2. The van der Waals surface area contributed by atoms with Gasteiger partial charge in [0.25, 0.3) is 5.91 Å². The summed E-state index contributed by atoms with van der Waals surface area (Å²) in [6, 6.07) is 18.1. The molecule has 8 nitrogen and oxygen atoms in total. The van der Waals surface area contributed by atoms with Crippen LogP contribution in [0.15, 0.2) is 60.7 Å². The second kappa shape index (κ2) is 10.5. The van der Waals surface area contributed by atoms with Gasteiger partial charge in [-0.3, -0.25) is 20.2 Å². The van der Waals surface area contributed by atoms with E-state index in [9.17, 15) is 14.9 Å². The Morgan fingerprint density at radius 3 is 2.25 bits per heavy atom. The third-order valence-corrected chi connectivity index (χ3v) is 7.07. The average Bonchev–Trinajstić information content (AvgIpc) is 3.48. The Labute approximate surface area is 216 Å². The molecule has 0 aliphatic rings. The molecular weight excluding hydrogens is 498 g/mol. The maximum atomic E-state index is 12.7. The van der Waals surface area contributed by atoms with E-state index in [4.69, 9.17) is 9.47 Å². The van der Waals surface area contributed by atoms with E-state index >= 15 is 0 Å². The highest BCUT2D eigenvalue weighted by Crippen LogP contribution is 2.41. The molecule has 1 amide bonds. The molecule has 186 valence electrons. The zero-order chi connectivity index (χ0) is 25.9. The predicted molar refractivity (Wildman–Crippen MR) is 143 cm³/mol. The Morgan fingerprint density at radius 1 is 1.00 bits per heavy atom. The molecule has 1 N–H and O–H groups in total. The number of hydrogen-bond donors (Lipinski definition) is 1. The largest absolute Gasteiger partial charge is 0.494 e. The normalized spacial score (nSPS) is 11.2. The second-order valence-electron chi connectivity index (χ2n) is 8.84. The van der Waals surface area contributed by atoms with E-state index in [0.717, 1.165) is 22.6 Å². The van der Waals surface area contributed by atoms with Gasteiger partial charge in [-0.2, -0.15) is 0 Å². The van der Waals surface area contributed by atoms with Gasteiger partial charge in [0.15, 0.2) is 5.13 Å². The summed E-state index contributed by atoms with van der Waals surface area (Å²) in [5, 5.41) is 14.4. The molecule has 4 rings (SSSR count). The number of thiazole rings is 1. The van der Waals surface area contributed by atoms with Crippen molar-refractivity contribution in [2.45, 2.75) is 33.1 Å². The van der Waals surface area contributed by atoms with Crippen molar-refractivity contribution in [3.63, 3.8) is 0 Å². The van der Waals surface area contributed by atoms with Gasteiger partial charge in [-0.25, -0.2) is 4.98 Å². The number of carbonyl (C=O) groups is 1. The highest BCUT2D eigenvalue weighted by atomic mass is 32.1. The summed E-state index contributed by atoms with van der Waals surface area (Å²) in [5.74, 6) is 0.913. The van der Waals surface area contributed by atoms with Gasteiger partial charge in [0.2, 0.25) is 5.06 Å². The van der Waals surface area contributed by atoms with Gasteiger partial charge < -0.3 is 9.47 Å². The molecule has 2 aromatic heterocycles. The van der Waals surface area contributed by atoms with E-state index in [1.54, 1.807) is 0 Å². The lowest BCUT2D eigenvalue weighted by Crippen LogP contribution is -2.10. The Hall–Kier alpha value is -3.76. The van der Waals surface area contributed by atoms with Crippen LogP contribution in [-0.4, -0.2) is 22.4 Å². The van der Waals surface area contributed by atoms with Gasteiger partial charge in [0.05, 0.1) is 16.4 Å². The summed E-state index contributed by atoms with van der Waals surface area (Å²) in [6.07, 6.45) is 0. The van der Waals surface area contributed by atoms with Crippen molar-refractivity contribution in [1.82, 2.24) is 4.98 Å². The van der Waals surface area contributed by atoms with E-state index in [2.05, 4.69) is 31.1 Å². The number of ether oxygens (including phenoxy) is 2. The molecule has 0 aliphatic carbocycles. The van der Waals surface area contributed by atoms with E-state index in [1.165, 1.54) is 29.0 Å². The molecule has 0 atom stereocenters. The molecule has 2 heterocycles. The number of benzene rings is 2. The number of amides is 1. The molecule has 0 unspecified atom stereocenters. The van der Waals surface area contributed by atoms with Gasteiger partial charge >= 0.3 is 5.00 Å². The summed E-state index contributed by atoms with van der Waals surface area (Å²) in [4.78, 5) is 28.0. The summed E-state index contributed by atoms with van der Waals surface area (Å²) < 4.78 is 11.7. The van der Waals surface area contributed by atoms with Crippen molar-refractivity contribution in [1.29, 1.82) is 0 Å². The molecule has 36 heavy (non-hydrogen) atoms. The van der Waals surface area contributed by atoms with Crippen LogP contribution in [0.1, 0.15) is 42.9 Å². The lowest BCUT2D eigenvalue weighted by atomic mass is 9.87. The van der Waals surface area contributed by atoms with E-state index in [1.807, 2.05) is 55.5 Å². The summed E-state index contributed by atoms with van der Waals surface area (Å²) in [5.41, 5.74) is 2.56. The third kappa shape index (κ3) is 5.89. The zero-order valence-electron chi connectivity index (χ0n) is 20.2. The van der Waals surface area contributed by atoms with Crippen LogP contribution in [0, 0.1) is 10.1 Å². The SMILES string of the molecule is CCOc1ccc(-c2nc(NC(=O)c3ccc([N+](=O)[O-])s3)sc2Oc2ccc(C(C)(C)C)cc2)cc1. The third-order valence-electron chi connectivity index (χ3n) is 5.18. The lowest BCUT2D eigenvalue weighted by molar-refractivity contribution is -0.380. The minimum absolute atomic E-state index is 0.0187. The summed E-state index contributed by atoms with van der Waals surface area (Å²) in [6.45, 7) is 8.92. The van der Waals surface area contributed by atoms with Crippen LogP contribution in [0.2, 0.25) is 0 Å². The maximum Gasteiger partial charge on any atom is 0.324 e. The lowest BCUT2D eigenvalue weighted by Gasteiger charge is -2.19. The van der Waals surface area contributed by atoms with Crippen LogP contribution in [-0.2, 0) is 5.41 Å². The van der Waals surface area contributed by atoms with Crippen molar-refractivity contribution >= 4 is 38.7 Å². The van der Waals surface area contributed by atoms with Gasteiger partial charge in [-0.15, -0.1) is 0 Å². The van der Waals surface area contributed by atoms with Crippen molar-refractivity contribution in [2.75, 3.05) is 11.9 Å². The standard InChI is InChI=1S/C26H25N3O5S2/c1-5-33-18-10-6-16(7-11-18)22-24(34-19-12-8-17(9-13-19)26(2,3)4)36-25(27-22)28-23(30)20-14-15-21(35-20)29(31)32/h6-15H,5H2,1-4H3,(H,27,28,30). The number of nitrogens with one attached hydrogen (secondary N) is 1. The van der Waals surface area contributed by atoms with Crippen molar-refractivity contribution < 1.29 is 19.2 Å². The summed E-state index contributed by atoms with van der Waals surface area (Å²) >= 11 is 1.99. The molecule has 0 spiro atoms. The van der Waals surface area contributed by atoms with Gasteiger partial charge in [-0.05, 0) is 60.4 Å². The van der Waals surface area contributed by atoms with Gasteiger partial charge in [0, 0.05) is 11.6 Å². The summed E-state index contributed by atoms with van der Waals surface area (Å²) in [7, 11) is 0. The second-order valence-corrected chi connectivity index (χ2v) is 10.9. The number of hydrogen-bond acceptors (Lipinski definition) is 8. The molecule has 4 aromatic rings. The quantitative estimate of drug-likeness (QED) is 0.189. The minimum Gasteiger partial charge on any atom is -0.494 e. The topological polar surface area (TPSA) is 104 Å². The molecule has 0 saturated heterocycles. The Bertz CT molecular complexity index is 1370. The highest BCUT2D eigenvalue weighted by Gasteiger charge is 2.21. The molecule has 0 aliphatic heterocycles. The number of nitrogens with zero attached hydrogens (tertiary/aromatic N) is 2. The van der Waals surface area contributed by atoms with E-state index < -0.39 is 10.8 Å². The van der Waals surface area contributed by atoms with Crippen molar-refractivity contribution in [2.24, 2.45) is 0 Å². The first-order valence-electron chi connectivity index (χ1n) is 11.2. The smallest absolute Gasteiger partial charge is 0.324 e. The molecule has 10 heteroatoms. The van der Waals surface area contributed by atoms with Crippen LogP contribution in [0.4, 0.5) is 10.1 Å². The number of aromatic nitrogens is 1. The van der Waals surface area contributed by atoms with Gasteiger partial charge in [-0.1, -0.05) is 55.6 Å². The molecule has 0 saturated carbocycles. The average molecular weight is 524 g/mol. The Balaban J connectivity index is 1.63. The fraction of sp³-hybridized carbons (Fsp3) is 0.231. The Morgan fingerprint density at radius 2 is 1.67 bits per heavy atom. The number of rotatable bonds is 8. The fourth-order valence-corrected chi connectivity index (χ4v) is 4.89. The minimum atomic E-state index is -0.522. The van der Waals surface area contributed by atoms with Gasteiger partial charge in [0.1, 0.15) is 17.2 Å². The van der Waals surface area contributed by atoms with E-state index in [0.29, 0.717) is 28.2 Å². The van der Waals surface area contributed by atoms with Crippen molar-refractivity contribution in [3.05, 3.63) is 81.2 Å². The molecule has 2 aromatic carbocycles. The number of nitro groups is 1. The maximum absolute atomic E-state index is 12.7. The van der Waals surface area contributed by atoms with E-state index in [-0.39, 0.29) is 15.3 Å². The monoisotopic (exact) mass is 523 g/mol. The van der Waals surface area contributed by atoms with Crippen LogP contribution in [0.25, 0.3) is 11.3 Å². The first-order chi connectivity index (χ1) is 17.1. The molecule has 0 bridgehead atoms. The fourth-order valence-electron chi connectivity index (χ4n) is 3.32. The van der Waals surface area contributed by atoms with Crippen LogP contribution in [0.3, 0.4) is 0 Å². The highest BCUT2D eigenvalue weighted by molar-refractivity contribution is 7.19. The van der Waals surface area contributed by atoms with Crippen LogP contribution < -0.4 is 14.8 Å².